The predicted molar refractivity (Wildman–Crippen MR) is 33.1 cm³/mol. The van der Waals surface area contributed by atoms with Crippen LogP contribution < -0.4 is 5.73 Å². The fraction of sp³-hybridized carbons (Fsp3) is 0.833. The van der Waals surface area contributed by atoms with Crippen molar-refractivity contribution in [2.75, 3.05) is 6.61 Å². The summed E-state index contributed by atoms with van der Waals surface area (Å²) in [4.78, 5) is 10.3. The van der Waals surface area contributed by atoms with E-state index in [-0.39, 0.29) is 18.4 Å². The average Bonchev–Trinajstić information content (AvgIpc) is 1.82. The lowest BCUT2D eigenvalue weighted by Gasteiger charge is -2.02. The van der Waals surface area contributed by atoms with E-state index in [1.807, 2.05) is 0 Å². The molecule has 9 heavy (non-hydrogen) atoms. The van der Waals surface area contributed by atoms with Crippen molar-refractivity contribution in [2.24, 2.45) is 11.7 Å². The van der Waals surface area contributed by atoms with Gasteiger partial charge in [-0.3, -0.25) is 4.79 Å². The lowest BCUT2D eigenvalue weighted by Crippen LogP contribution is -2.20. The van der Waals surface area contributed by atoms with Crippen LogP contribution in [0.1, 0.15) is 19.8 Å². The third kappa shape index (κ3) is 3.97. The van der Waals surface area contributed by atoms with Crippen molar-refractivity contribution < 1.29 is 9.90 Å². The molecule has 2 N–H and O–H groups in total. The zero-order chi connectivity index (χ0) is 7.28. The zero-order valence-electron chi connectivity index (χ0n) is 5.59. The average molecular weight is 130 g/mol. The van der Waals surface area contributed by atoms with E-state index in [0.29, 0.717) is 12.8 Å². The van der Waals surface area contributed by atoms with Crippen LogP contribution in [0.4, 0.5) is 0 Å². The van der Waals surface area contributed by atoms with Gasteiger partial charge >= 0.3 is 0 Å². The minimum atomic E-state index is -0.316. The van der Waals surface area contributed by atoms with Gasteiger partial charge in [0.2, 0.25) is 5.91 Å². The molecule has 0 aromatic rings. The van der Waals surface area contributed by atoms with E-state index in [1.54, 1.807) is 6.92 Å². The maximum atomic E-state index is 10.3. The van der Waals surface area contributed by atoms with Gasteiger partial charge < -0.3 is 5.73 Å². The first-order valence-electron chi connectivity index (χ1n) is 3.06. The fourth-order valence-electron chi connectivity index (χ4n) is 0.532. The molecule has 1 atom stereocenters. The number of amides is 1. The number of carbonyl (C=O) groups excluding carboxylic acids is 1. The zero-order valence-corrected chi connectivity index (χ0v) is 5.59. The van der Waals surface area contributed by atoms with Crippen molar-refractivity contribution >= 4 is 5.91 Å². The predicted octanol–water partition coefficient (Wildman–Crippen LogP) is 0.319. The first-order chi connectivity index (χ1) is 4.18. The number of carbonyl (C=O) groups is 1. The summed E-state index contributed by atoms with van der Waals surface area (Å²) in [6, 6.07) is 0. The van der Waals surface area contributed by atoms with Gasteiger partial charge in [-0.15, -0.1) is 0 Å². The molecule has 3 nitrogen and oxygen atoms in total. The molecule has 0 saturated heterocycles. The molecule has 3 heteroatoms. The standard InChI is InChI=1S/C6H12NO2/c1-5(6(7)9)3-2-4-8/h5H,2-4H2,1H3,(H2,7,9). The summed E-state index contributed by atoms with van der Waals surface area (Å²) in [5.41, 5.74) is 4.94. The van der Waals surface area contributed by atoms with Crippen LogP contribution in [0.5, 0.6) is 0 Å². The van der Waals surface area contributed by atoms with Crippen LogP contribution in [0, 0.1) is 5.92 Å². The Bertz CT molecular complexity index is 93.1. The van der Waals surface area contributed by atoms with E-state index >= 15 is 0 Å². The van der Waals surface area contributed by atoms with Crippen molar-refractivity contribution in [1.82, 2.24) is 0 Å². The first kappa shape index (κ1) is 8.43. The Hall–Kier alpha value is -0.570. The van der Waals surface area contributed by atoms with Crippen LogP contribution in [0.2, 0.25) is 0 Å². The lowest BCUT2D eigenvalue weighted by atomic mass is 10.1. The first-order valence-corrected chi connectivity index (χ1v) is 3.06. The van der Waals surface area contributed by atoms with Gasteiger partial charge in [-0.1, -0.05) is 6.92 Å². The Balaban J connectivity index is 3.27. The Morgan fingerprint density at radius 2 is 2.22 bits per heavy atom. The van der Waals surface area contributed by atoms with E-state index in [2.05, 4.69) is 0 Å². The number of primary amides is 1. The second kappa shape index (κ2) is 4.32. The molecule has 1 unspecified atom stereocenters. The maximum Gasteiger partial charge on any atom is 0.220 e. The Morgan fingerprint density at radius 3 is 2.56 bits per heavy atom. The van der Waals surface area contributed by atoms with Gasteiger partial charge in [0.1, 0.15) is 0 Å². The molecule has 0 aliphatic rings. The second-order valence-corrected chi connectivity index (χ2v) is 2.15. The third-order valence-corrected chi connectivity index (χ3v) is 1.27. The highest BCUT2D eigenvalue weighted by molar-refractivity contribution is 5.76. The van der Waals surface area contributed by atoms with E-state index in [0.717, 1.165) is 0 Å². The van der Waals surface area contributed by atoms with Crippen LogP contribution in [0.3, 0.4) is 0 Å². The summed E-state index contributed by atoms with van der Waals surface area (Å²) in [6.45, 7) is 1.62. The minimum absolute atomic E-state index is 0.113. The monoisotopic (exact) mass is 130 g/mol. The quantitative estimate of drug-likeness (QED) is 0.585. The summed E-state index contributed by atoms with van der Waals surface area (Å²) in [7, 11) is 0. The summed E-state index contributed by atoms with van der Waals surface area (Å²) in [5, 5.41) is 9.90. The van der Waals surface area contributed by atoms with Crippen molar-refractivity contribution in [1.29, 1.82) is 0 Å². The molecule has 0 aromatic heterocycles. The summed E-state index contributed by atoms with van der Waals surface area (Å²) >= 11 is 0. The normalized spacial score (nSPS) is 13.1. The minimum Gasteiger partial charge on any atom is -0.369 e. The molecule has 0 spiro atoms. The Labute approximate surface area is 54.9 Å². The molecular formula is C6H12NO2. The van der Waals surface area contributed by atoms with Gasteiger partial charge in [0, 0.05) is 5.92 Å². The molecule has 1 amide bonds. The van der Waals surface area contributed by atoms with Gasteiger partial charge in [0.15, 0.2) is 0 Å². The van der Waals surface area contributed by atoms with Crippen molar-refractivity contribution in [3.05, 3.63) is 0 Å². The van der Waals surface area contributed by atoms with Crippen LogP contribution in [-0.2, 0) is 9.90 Å². The SMILES string of the molecule is CC(CCC[O])C(N)=O. The summed E-state index contributed by atoms with van der Waals surface area (Å²) in [6.07, 6.45) is 1.17. The largest absolute Gasteiger partial charge is 0.369 e. The van der Waals surface area contributed by atoms with Gasteiger partial charge in [0.05, 0.1) is 6.61 Å². The second-order valence-electron chi connectivity index (χ2n) is 2.15. The van der Waals surface area contributed by atoms with E-state index < -0.39 is 0 Å². The third-order valence-electron chi connectivity index (χ3n) is 1.27. The summed E-state index contributed by atoms with van der Waals surface area (Å²) in [5.74, 6) is -0.456. The molecule has 0 heterocycles. The van der Waals surface area contributed by atoms with Crippen LogP contribution in [-0.4, -0.2) is 12.5 Å². The van der Waals surface area contributed by atoms with Gasteiger partial charge in [0.25, 0.3) is 0 Å². The molecule has 0 aliphatic carbocycles. The number of nitrogens with two attached hydrogens (primary N) is 1. The topological polar surface area (TPSA) is 63.0 Å². The number of hydrogen-bond donors (Lipinski definition) is 1. The molecule has 0 aliphatic heterocycles. The Kier molecular flexibility index (Phi) is 4.05. The van der Waals surface area contributed by atoms with Crippen molar-refractivity contribution in [3.8, 4) is 0 Å². The molecule has 53 valence electrons. The number of rotatable bonds is 4. The Morgan fingerprint density at radius 1 is 1.67 bits per heavy atom. The summed E-state index contributed by atoms with van der Waals surface area (Å²) < 4.78 is 0. The van der Waals surface area contributed by atoms with Gasteiger partial charge in [-0.05, 0) is 12.8 Å². The molecule has 0 saturated carbocycles. The van der Waals surface area contributed by atoms with Crippen LogP contribution in [0.15, 0.2) is 0 Å². The molecule has 0 aromatic carbocycles. The molecule has 0 rings (SSSR count). The molecular weight excluding hydrogens is 118 g/mol. The van der Waals surface area contributed by atoms with Crippen LogP contribution >= 0.6 is 0 Å². The van der Waals surface area contributed by atoms with Crippen LogP contribution in [0.25, 0.3) is 0 Å². The fourth-order valence-corrected chi connectivity index (χ4v) is 0.532. The molecule has 1 radical (unpaired) electrons. The smallest absolute Gasteiger partial charge is 0.220 e. The lowest BCUT2D eigenvalue weighted by molar-refractivity contribution is -0.121. The van der Waals surface area contributed by atoms with E-state index in [9.17, 15) is 9.90 Å². The van der Waals surface area contributed by atoms with Gasteiger partial charge in [-0.25, -0.2) is 5.11 Å². The van der Waals surface area contributed by atoms with Gasteiger partial charge in [-0.2, -0.15) is 0 Å². The van der Waals surface area contributed by atoms with E-state index in [4.69, 9.17) is 5.73 Å². The highest BCUT2D eigenvalue weighted by Crippen LogP contribution is 2.02. The van der Waals surface area contributed by atoms with Crippen molar-refractivity contribution in [2.45, 2.75) is 19.8 Å². The molecule has 0 fully saturated rings. The highest BCUT2D eigenvalue weighted by atomic mass is 16.2. The maximum absolute atomic E-state index is 10.3. The number of hydrogen-bond acceptors (Lipinski definition) is 1. The highest BCUT2D eigenvalue weighted by Gasteiger charge is 2.06. The van der Waals surface area contributed by atoms with Crippen molar-refractivity contribution in [3.63, 3.8) is 0 Å². The molecule has 0 bridgehead atoms. The van der Waals surface area contributed by atoms with E-state index in [1.165, 1.54) is 0 Å².